The number of aromatic amines is 1. The fourth-order valence-corrected chi connectivity index (χ4v) is 5.04. The highest BCUT2D eigenvalue weighted by atomic mass is 32.2. The summed E-state index contributed by atoms with van der Waals surface area (Å²) in [6.45, 7) is 2.76. The van der Waals surface area contributed by atoms with E-state index < -0.39 is 0 Å². The number of carbonyl (C=O) groups excluding carboxylic acids is 1. The number of benzene rings is 3. The maximum atomic E-state index is 12.0. The molecule has 31 heavy (non-hydrogen) atoms. The monoisotopic (exact) mass is 448 g/mol. The lowest BCUT2D eigenvalue weighted by molar-refractivity contribution is 0.252. The maximum Gasteiger partial charge on any atom is 0.319 e. The molecule has 1 heterocycles. The Morgan fingerprint density at radius 3 is 2.61 bits per heavy atom. The number of carbonyl (C=O) groups is 1. The lowest BCUT2D eigenvalue weighted by Gasteiger charge is -2.11. The number of urea groups is 1. The van der Waals surface area contributed by atoms with Gasteiger partial charge in [0.05, 0.1) is 11.0 Å². The second-order valence-corrected chi connectivity index (χ2v) is 9.08. The van der Waals surface area contributed by atoms with Gasteiger partial charge in [0.1, 0.15) is 0 Å². The number of nitrogens with one attached hydrogen (secondary N) is 3. The summed E-state index contributed by atoms with van der Waals surface area (Å²) in [6, 6.07) is 23.8. The summed E-state index contributed by atoms with van der Waals surface area (Å²) in [6.07, 6.45) is 0. The molecule has 0 saturated heterocycles. The molecular weight excluding hydrogens is 424 g/mol. The summed E-state index contributed by atoms with van der Waals surface area (Å²) < 4.78 is 0. The van der Waals surface area contributed by atoms with Gasteiger partial charge >= 0.3 is 6.03 Å². The van der Waals surface area contributed by atoms with Crippen molar-refractivity contribution >= 4 is 46.3 Å². The molecule has 0 aliphatic carbocycles. The third-order valence-electron chi connectivity index (χ3n) is 4.81. The first kappa shape index (κ1) is 21.3. The van der Waals surface area contributed by atoms with Crippen LogP contribution >= 0.6 is 23.5 Å². The number of aromatic nitrogens is 2. The summed E-state index contributed by atoms with van der Waals surface area (Å²) >= 11 is 3.47. The van der Waals surface area contributed by atoms with E-state index in [-0.39, 0.29) is 6.03 Å². The number of fused-ring (bicyclic) bond motifs is 1. The third kappa shape index (κ3) is 5.83. The Kier molecular flexibility index (Phi) is 7.17. The van der Waals surface area contributed by atoms with Crippen molar-refractivity contribution in [3.8, 4) is 0 Å². The molecular formula is C24H24N4OS2. The minimum atomic E-state index is -0.181. The second-order valence-electron chi connectivity index (χ2n) is 6.98. The smallest absolute Gasteiger partial charge is 0.319 e. The van der Waals surface area contributed by atoms with Crippen LogP contribution in [-0.2, 0) is 5.75 Å². The van der Waals surface area contributed by atoms with Gasteiger partial charge < -0.3 is 15.6 Å². The van der Waals surface area contributed by atoms with Crippen LogP contribution in [0.4, 0.5) is 10.5 Å². The van der Waals surface area contributed by atoms with Crippen molar-refractivity contribution in [2.45, 2.75) is 22.7 Å². The molecule has 0 unspecified atom stereocenters. The van der Waals surface area contributed by atoms with E-state index in [2.05, 4.69) is 45.7 Å². The van der Waals surface area contributed by atoms with E-state index in [1.807, 2.05) is 54.6 Å². The molecule has 158 valence electrons. The minimum absolute atomic E-state index is 0.181. The summed E-state index contributed by atoms with van der Waals surface area (Å²) in [4.78, 5) is 21.2. The standard InChI is InChI=1S/C24H24N4OS2/c1-17-18(16-31-24-27-20-11-5-6-12-21(20)28-24)8-7-13-22(17)30-15-14-25-23(29)26-19-9-3-2-4-10-19/h2-13H,14-16H2,1H3,(H,27,28)(H2,25,26,29). The molecule has 4 rings (SSSR count). The normalized spacial score (nSPS) is 10.9. The highest BCUT2D eigenvalue weighted by molar-refractivity contribution is 7.99. The van der Waals surface area contributed by atoms with E-state index in [0.29, 0.717) is 6.54 Å². The number of thioether (sulfide) groups is 2. The fraction of sp³-hybridized carbons (Fsp3) is 0.167. The molecule has 0 aliphatic heterocycles. The van der Waals surface area contributed by atoms with Gasteiger partial charge in [-0.3, -0.25) is 0 Å². The van der Waals surface area contributed by atoms with Crippen LogP contribution in [0, 0.1) is 6.92 Å². The molecule has 3 N–H and O–H groups in total. The average molecular weight is 449 g/mol. The summed E-state index contributed by atoms with van der Waals surface area (Å²) in [5.74, 6) is 1.67. The van der Waals surface area contributed by atoms with Gasteiger partial charge in [0.2, 0.25) is 0 Å². The van der Waals surface area contributed by atoms with E-state index in [1.165, 1.54) is 16.0 Å². The first-order valence-corrected chi connectivity index (χ1v) is 12.0. The summed E-state index contributed by atoms with van der Waals surface area (Å²) in [5.41, 5.74) is 5.43. The van der Waals surface area contributed by atoms with Gasteiger partial charge in [0, 0.05) is 28.6 Å². The first-order valence-electron chi connectivity index (χ1n) is 10.1. The topological polar surface area (TPSA) is 69.8 Å². The van der Waals surface area contributed by atoms with E-state index >= 15 is 0 Å². The Hall–Kier alpha value is -2.90. The number of para-hydroxylation sites is 3. The second kappa shape index (κ2) is 10.4. The number of H-pyrrole nitrogens is 1. The zero-order chi connectivity index (χ0) is 21.5. The van der Waals surface area contributed by atoms with Gasteiger partial charge in [-0.05, 0) is 48.4 Å². The molecule has 0 atom stereocenters. The molecule has 3 aromatic carbocycles. The molecule has 2 amide bonds. The van der Waals surface area contributed by atoms with Crippen molar-refractivity contribution in [1.29, 1.82) is 0 Å². The highest BCUT2D eigenvalue weighted by Gasteiger charge is 2.08. The molecule has 0 saturated carbocycles. The zero-order valence-corrected chi connectivity index (χ0v) is 18.9. The Balaban J connectivity index is 1.26. The molecule has 0 bridgehead atoms. The lowest BCUT2D eigenvalue weighted by Crippen LogP contribution is -2.30. The third-order valence-corrected chi connectivity index (χ3v) is 6.89. The largest absolute Gasteiger partial charge is 0.337 e. The van der Waals surface area contributed by atoms with E-state index in [9.17, 15) is 4.79 Å². The van der Waals surface area contributed by atoms with Crippen LogP contribution in [0.15, 0.2) is 82.8 Å². The van der Waals surface area contributed by atoms with Crippen LogP contribution in [0.2, 0.25) is 0 Å². The number of amides is 2. The number of rotatable bonds is 8. The molecule has 0 spiro atoms. The van der Waals surface area contributed by atoms with Gasteiger partial charge in [-0.25, -0.2) is 9.78 Å². The predicted octanol–water partition coefficient (Wildman–Crippen LogP) is 6.08. The van der Waals surface area contributed by atoms with Gasteiger partial charge in [0.25, 0.3) is 0 Å². The molecule has 0 aliphatic rings. The lowest BCUT2D eigenvalue weighted by atomic mass is 10.1. The highest BCUT2D eigenvalue weighted by Crippen LogP contribution is 2.29. The molecule has 0 fully saturated rings. The predicted molar refractivity (Wildman–Crippen MR) is 131 cm³/mol. The number of imidazole rings is 1. The number of hydrogen-bond acceptors (Lipinski definition) is 4. The van der Waals surface area contributed by atoms with Crippen molar-refractivity contribution in [3.05, 3.63) is 83.9 Å². The minimum Gasteiger partial charge on any atom is -0.337 e. The van der Waals surface area contributed by atoms with Crippen molar-refractivity contribution in [1.82, 2.24) is 15.3 Å². The van der Waals surface area contributed by atoms with Crippen molar-refractivity contribution in [2.24, 2.45) is 0 Å². The van der Waals surface area contributed by atoms with Crippen molar-refractivity contribution < 1.29 is 4.79 Å². The molecule has 5 nitrogen and oxygen atoms in total. The summed E-state index contributed by atoms with van der Waals surface area (Å²) in [7, 11) is 0. The Morgan fingerprint density at radius 2 is 1.77 bits per heavy atom. The van der Waals surface area contributed by atoms with Gasteiger partial charge in [-0.15, -0.1) is 11.8 Å². The van der Waals surface area contributed by atoms with Gasteiger partial charge in [0.15, 0.2) is 5.16 Å². The van der Waals surface area contributed by atoms with E-state index in [4.69, 9.17) is 0 Å². The fourth-order valence-electron chi connectivity index (χ4n) is 3.14. The van der Waals surface area contributed by atoms with Crippen molar-refractivity contribution in [3.63, 3.8) is 0 Å². The number of anilines is 1. The van der Waals surface area contributed by atoms with Crippen LogP contribution in [0.5, 0.6) is 0 Å². The zero-order valence-electron chi connectivity index (χ0n) is 17.2. The maximum absolute atomic E-state index is 12.0. The first-order chi connectivity index (χ1) is 15.2. The van der Waals surface area contributed by atoms with Crippen LogP contribution in [0.1, 0.15) is 11.1 Å². The van der Waals surface area contributed by atoms with Crippen molar-refractivity contribution in [2.75, 3.05) is 17.6 Å². The van der Waals surface area contributed by atoms with Gasteiger partial charge in [-0.2, -0.15) is 0 Å². The quantitative estimate of drug-likeness (QED) is 0.226. The van der Waals surface area contributed by atoms with Crippen LogP contribution in [0.3, 0.4) is 0 Å². The summed E-state index contributed by atoms with van der Waals surface area (Å²) in [5, 5.41) is 6.68. The molecule has 4 aromatic rings. The van der Waals surface area contributed by atoms with Crippen LogP contribution in [0.25, 0.3) is 11.0 Å². The molecule has 1 aromatic heterocycles. The number of nitrogens with zero attached hydrogens (tertiary/aromatic N) is 1. The van der Waals surface area contributed by atoms with Crippen LogP contribution in [-0.4, -0.2) is 28.3 Å². The molecule has 7 heteroatoms. The Labute approximate surface area is 190 Å². The molecule has 0 radical (unpaired) electrons. The SMILES string of the molecule is Cc1c(CSc2nc3ccccc3[nH]2)cccc1SCCNC(=O)Nc1ccccc1. The average Bonchev–Trinajstić information content (AvgIpc) is 3.20. The van der Waals surface area contributed by atoms with Crippen LogP contribution < -0.4 is 10.6 Å². The van der Waals surface area contributed by atoms with E-state index in [0.717, 1.165) is 33.4 Å². The number of hydrogen-bond donors (Lipinski definition) is 3. The van der Waals surface area contributed by atoms with E-state index in [1.54, 1.807) is 23.5 Å². The Morgan fingerprint density at radius 1 is 0.968 bits per heavy atom. The van der Waals surface area contributed by atoms with Gasteiger partial charge in [-0.1, -0.05) is 54.2 Å². The Bertz CT molecular complexity index is 1130.